The zero-order valence-electron chi connectivity index (χ0n) is 12.4. The molecule has 1 atom stereocenters. The van der Waals surface area contributed by atoms with Gasteiger partial charge in [-0.05, 0) is 60.6 Å². The van der Waals surface area contributed by atoms with Crippen molar-refractivity contribution in [3.63, 3.8) is 0 Å². The smallest absolute Gasteiger partial charge is 0.251 e. The van der Waals surface area contributed by atoms with Crippen LogP contribution in [0.25, 0.3) is 0 Å². The number of halogens is 2. The Balaban J connectivity index is 2.63. The van der Waals surface area contributed by atoms with Crippen LogP contribution in [0.3, 0.4) is 0 Å². The van der Waals surface area contributed by atoms with Crippen molar-refractivity contribution in [2.75, 3.05) is 20.6 Å². The second-order valence-corrected chi connectivity index (χ2v) is 6.44. The summed E-state index contributed by atoms with van der Waals surface area (Å²) < 4.78 is 13.4. The topological polar surface area (TPSA) is 32.3 Å². The Kier molecular flexibility index (Phi) is 6.62. The zero-order valence-corrected chi connectivity index (χ0v) is 14.0. The van der Waals surface area contributed by atoms with Gasteiger partial charge in [0.15, 0.2) is 0 Å². The van der Waals surface area contributed by atoms with Crippen LogP contribution >= 0.6 is 15.9 Å². The number of carbonyl (C=O) groups is 1. The molecule has 1 rings (SSSR count). The second kappa shape index (κ2) is 7.74. The zero-order chi connectivity index (χ0) is 15.3. The largest absolute Gasteiger partial charge is 0.350 e. The summed E-state index contributed by atoms with van der Waals surface area (Å²) in [6.07, 6.45) is 1.01. The number of hydrogen-bond donors (Lipinski definition) is 1. The third-order valence-corrected chi connectivity index (χ3v) is 3.76. The van der Waals surface area contributed by atoms with Gasteiger partial charge in [-0.1, -0.05) is 13.8 Å². The summed E-state index contributed by atoms with van der Waals surface area (Å²) in [5.41, 5.74) is 0.459. The molecule has 5 heteroatoms. The van der Waals surface area contributed by atoms with Gasteiger partial charge >= 0.3 is 0 Å². The minimum absolute atomic E-state index is 0.179. The van der Waals surface area contributed by atoms with Gasteiger partial charge in [0.25, 0.3) is 5.91 Å². The summed E-state index contributed by atoms with van der Waals surface area (Å²) in [5, 5.41) is 2.91. The van der Waals surface area contributed by atoms with Crippen molar-refractivity contribution >= 4 is 21.8 Å². The van der Waals surface area contributed by atoms with Crippen LogP contribution in [-0.4, -0.2) is 37.5 Å². The average molecular weight is 345 g/mol. The van der Waals surface area contributed by atoms with Crippen LogP contribution in [0.4, 0.5) is 4.39 Å². The van der Waals surface area contributed by atoms with E-state index in [4.69, 9.17) is 0 Å². The summed E-state index contributed by atoms with van der Waals surface area (Å²) in [6, 6.07) is 4.57. The predicted molar refractivity (Wildman–Crippen MR) is 83.4 cm³/mol. The number of likely N-dealkylation sites (N-methyl/N-ethyl adjacent to an activating group) is 1. The Morgan fingerprint density at radius 1 is 1.40 bits per heavy atom. The maximum absolute atomic E-state index is 13.1. The van der Waals surface area contributed by atoms with Gasteiger partial charge < -0.3 is 10.2 Å². The monoisotopic (exact) mass is 344 g/mol. The molecule has 3 nitrogen and oxygen atoms in total. The van der Waals surface area contributed by atoms with Crippen LogP contribution in [0.15, 0.2) is 22.7 Å². The number of rotatable bonds is 6. The van der Waals surface area contributed by atoms with Gasteiger partial charge in [-0.2, -0.15) is 0 Å². The molecule has 0 saturated carbocycles. The molecule has 1 aromatic rings. The molecule has 0 spiro atoms. The van der Waals surface area contributed by atoms with Gasteiger partial charge in [0, 0.05) is 18.2 Å². The molecular formula is C15H22BrFN2O. The number of amides is 1. The van der Waals surface area contributed by atoms with Crippen LogP contribution in [0.2, 0.25) is 0 Å². The first-order valence-electron chi connectivity index (χ1n) is 6.71. The lowest BCUT2D eigenvalue weighted by Crippen LogP contribution is -2.41. The molecular weight excluding hydrogens is 323 g/mol. The van der Waals surface area contributed by atoms with E-state index in [-0.39, 0.29) is 11.7 Å². The van der Waals surface area contributed by atoms with Crippen LogP contribution < -0.4 is 5.32 Å². The summed E-state index contributed by atoms with van der Waals surface area (Å²) in [5.74, 6) is 0.0214. The molecule has 1 N–H and O–H groups in total. The molecule has 1 amide bonds. The van der Waals surface area contributed by atoms with Crippen molar-refractivity contribution in [2.45, 2.75) is 26.3 Å². The standard InChI is InChI=1S/C15H22BrFN2O/c1-10(2)7-12(19(3)4)9-18-15(20)11-5-6-14(17)13(16)8-11/h5-6,8,10,12H,7,9H2,1-4H3,(H,18,20). The van der Waals surface area contributed by atoms with Crippen molar-refractivity contribution in [3.8, 4) is 0 Å². The van der Waals surface area contributed by atoms with E-state index >= 15 is 0 Å². The Morgan fingerprint density at radius 2 is 2.05 bits per heavy atom. The van der Waals surface area contributed by atoms with E-state index in [2.05, 4.69) is 40.0 Å². The highest BCUT2D eigenvalue weighted by Crippen LogP contribution is 2.17. The molecule has 0 aliphatic heterocycles. The molecule has 1 unspecified atom stereocenters. The molecule has 0 fully saturated rings. The maximum atomic E-state index is 13.1. The van der Waals surface area contributed by atoms with Crippen LogP contribution in [0.5, 0.6) is 0 Å². The van der Waals surface area contributed by atoms with Gasteiger partial charge in [0.05, 0.1) is 4.47 Å². The van der Waals surface area contributed by atoms with Crippen LogP contribution in [-0.2, 0) is 0 Å². The predicted octanol–water partition coefficient (Wildman–Crippen LogP) is 3.29. The number of hydrogen-bond acceptors (Lipinski definition) is 2. The summed E-state index contributed by atoms with van der Waals surface area (Å²) >= 11 is 3.09. The molecule has 0 bridgehead atoms. The normalized spacial score (nSPS) is 12.8. The maximum Gasteiger partial charge on any atom is 0.251 e. The van der Waals surface area contributed by atoms with Gasteiger partial charge in [-0.25, -0.2) is 4.39 Å². The minimum atomic E-state index is -0.368. The van der Waals surface area contributed by atoms with Crippen molar-refractivity contribution in [3.05, 3.63) is 34.1 Å². The lowest BCUT2D eigenvalue weighted by Gasteiger charge is -2.26. The minimum Gasteiger partial charge on any atom is -0.350 e. The molecule has 112 valence electrons. The third-order valence-electron chi connectivity index (χ3n) is 3.15. The molecule has 0 radical (unpaired) electrons. The average Bonchev–Trinajstić information content (AvgIpc) is 2.36. The molecule has 20 heavy (non-hydrogen) atoms. The first-order valence-corrected chi connectivity index (χ1v) is 7.50. The number of nitrogens with one attached hydrogen (secondary N) is 1. The van der Waals surface area contributed by atoms with Crippen molar-refractivity contribution in [2.24, 2.45) is 5.92 Å². The van der Waals surface area contributed by atoms with E-state index < -0.39 is 0 Å². The molecule has 0 aliphatic rings. The van der Waals surface area contributed by atoms with E-state index in [9.17, 15) is 9.18 Å². The molecule has 0 saturated heterocycles. The Labute approximate surface area is 128 Å². The molecule has 1 aromatic carbocycles. The van der Waals surface area contributed by atoms with E-state index in [0.717, 1.165) is 6.42 Å². The lowest BCUT2D eigenvalue weighted by atomic mass is 10.0. The van der Waals surface area contributed by atoms with Crippen LogP contribution in [0.1, 0.15) is 30.6 Å². The summed E-state index contributed by atoms with van der Waals surface area (Å²) in [4.78, 5) is 14.2. The highest BCUT2D eigenvalue weighted by Gasteiger charge is 2.15. The van der Waals surface area contributed by atoms with Gasteiger partial charge in [0.1, 0.15) is 5.82 Å². The Hall–Kier alpha value is -0.940. The van der Waals surface area contributed by atoms with Gasteiger partial charge in [-0.3, -0.25) is 4.79 Å². The van der Waals surface area contributed by atoms with Crippen LogP contribution in [0, 0.1) is 11.7 Å². The molecule has 0 aliphatic carbocycles. The second-order valence-electron chi connectivity index (χ2n) is 5.59. The van der Waals surface area contributed by atoms with Gasteiger partial charge in [-0.15, -0.1) is 0 Å². The Morgan fingerprint density at radius 3 is 2.55 bits per heavy atom. The lowest BCUT2D eigenvalue weighted by molar-refractivity contribution is 0.0938. The number of carbonyl (C=O) groups excluding carboxylic acids is 1. The molecule has 0 heterocycles. The van der Waals surface area contributed by atoms with Crippen molar-refractivity contribution in [1.29, 1.82) is 0 Å². The van der Waals surface area contributed by atoms with E-state index in [1.54, 1.807) is 0 Å². The first kappa shape index (κ1) is 17.1. The number of nitrogens with zero attached hydrogens (tertiary/aromatic N) is 1. The van der Waals surface area contributed by atoms with E-state index in [0.29, 0.717) is 28.5 Å². The highest BCUT2D eigenvalue weighted by molar-refractivity contribution is 9.10. The molecule has 0 aromatic heterocycles. The van der Waals surface area contributed by atoms with Crippen molar-refractivity contribution in [1.82, 2.24) is 10.2 Å². The van der Waals surface area contributed by atoms with E-state index in [1.165, 1.54) is 18.2 Å². The fourth-order valence-corrected chi connectivity index (χ4v) is 2.35. The summed E-state index contributed by atoms with van der Waals surface area (Å²) in [6.45, 7) is 4.91. The first-order chi connectivity index (χ1) is 9.31. The SMILES string of the molecule is CC(C)CC(CNC(=O)c1ccc(F)c(Br)c1)N(C)C. The highest BCUT2D eigenvalue weighted by atomic mass is 79.9. The summed E-state index contributed by atoms with van der Waals surface area (Å²) in [7, 11) is 4.02. The fourth-order valence-electron chi connectivity index (χ4n) is 1.97. The Bertz CT molecular complexity index is 463. The number of benzene rings is 1. The van der Waals surface area contributed by atoms with Crippen molar-refractivity contribution < 1.29 is 9.18 Å². The quantitative estimate of drug-likeness (QED) is 0.858. The third kappa shape index (κ3) is 5.21. The fraction of sp³-hybridized carbons (Fsp3) is 0.533. The van der Waals surface area contributed by atoms with Gasteiger partial charge in [0.2, 0.25) is 0 Å². The van der Waals surface area contributed by atoms with E-state index in [1.807, 2.05) is 14.1 Å².